The van der Waals surface area contributed by atoms with Gasteiger partial charge in [-0.15, -0.1) is 12.4 Å². The van der Waals surface area contributed by atoms with Crippen LogP contribution in [0.25, 0.3) is 11.0 Å². The third-order valence-electron chi connectivity index (χ3n) is 6.56. The van der Waals surface area contributed by atoms with Crippen molar-refractivity contribution in [3.05, 3.63) is 59.4 Å². The summed E-state index contributed by atoms with van der Waals surface area (Å²) in [6.07, 6.45) is 0.168. The van der Waals surface area contributed by atoms with Gasteiger partial charge < -0.3 is 25.3 Å². The number of esters is 1. The molecular weight excluding hydrogens is 506 g/mol. The van der Waals surface area contributed by atoms with Gasteiger partial charge in [-0.1, -0.05) is 6.07 Å². The lowest BCUT2D eigenvalue weighted by molar-refractivity contribution is -0.143. The summed E-state index contributed by atoms with van der Waals surface area (Å²) in [6.45, 7) is 7.21. The van der Waals surface area contributed by atoms with Crippen LogP contribution in [-0.4, -0.2) is 58.9 Å². The average molecular weight is 544 g/mol. The first-order valence-corrected chi connectivity index (χ1v) is 12.4. The molecule has 0 aliphatic heterocycles. The zero-order valence-corrected chi connectivity index (χ0v) is 23.4. The Hall–Kier alpha value is -3.63. The minimum Gasteiger partial charge on any atom is -0.466 e. The van der Waals surface area contributed by atoms with Crippen LogP contribution in [0.2, 0.25) is 0 Å². The number of nitrogens with two attached hydrogens (primary N) is 1. The molecule has 1 amide bonds. The van der Waals surface area contributed by atoms with Crippen molar-refractivity contribution in [3.8, 4) is 0 Å². The third kappa shape index (κ3) is 6.81. The number of aryl methyl sites for hydroxylation is 1. The zero-order chi connectivity index (χ0) is 27.2. The molecule has 0 radical (unpaired) electrons. The largest absolute Gasteiger partial charge is 0.466 e. The smallest absolute Gasteiger partial charge is 0.307 e. The fourth-order valence-corrected chi connectivity index (χ4v) is 4.14. The number of nitrogen functional groups attached to an aromatic ring is 1. The molecule has 3 rings (SSSR count). The van der Waals surface area contributed by atoms with E-state index in [0.717, 1.165) is 28.1 Å². The number of carbonyl (C=O) groups is 2. The summed E-state index contributed by atoms with van der Waals surface area (Å²) in [6, 6.07) is 13.2. The van der Waals surface area contributed by atoms with Crippen LogP contribution in [0.1, 0.15) is 44.1 Å². The summed E-state index contributed by atoms with van der Waals surface area (Å²) in [5.74, 6) is 0.465. The number of anilines is 1. The quantitative estimate of drug-likeness (QED) is 0.156. The first kappa shape index (κ1) is 30.6. The molecule has 2 aromatic carbocycles. The van der Waals surface area contributed by atoms with Crippen molar-refractivity contribution in [3.63, 3.8) is 0 Å². The van der Waals surface area contributed by atoms with Crippen LogP contribution >= 0.6 is 12.4 Å². The SMILES string of the molecule is CCOC(=O)CCNC(C)(C(=O)N(C)CC)c1ccc2c(c1)nc(CNc1ccc(C(=N)N)cc1)n2C.Cl. The molecule has 38 heavy (non-hydrogen) atoms. The van der Waals surface area contributed by atoms with E-state index in [4.69, 9.17) is 20.9 Å². The maximum absolute atomic E-state index is 13.4. The summed E-state index contributed by atoms with van der Waals surface area (Å²) in [7, 11) is 3.72. The Bertz CT molecular complexity index is 1280. The number of rotatable bonds is 12. The highest BCUT2D eigenvalue weighted by Gasteiger charge is 2.37. The molecule has 0 spiro atoms. The molecule has 1 unspecified atom stereocenters. The number of fused-ring (bicyclic) bond motifs is 1. The fraction of sp³-hybridized carbons (Fsp3) is 0.407. The number of amidine groups is 1. The molecule has 0 saturated carbocycles. The summed E-state index contributed by atoms with van der Waals surface area (Å²) in [4.78, 5) is 31.8. The highest BCUT2D eigenvalue weighted by Crippen LogP contribution is 2.27. The Labute approximate surface area is 229 Å². The molecule has 0 bridgehead atoms. The molecular formula is C27H38ClN7O3. The number of amides is 1. The Morgan fingerprint density at radius 3 is 2.47 bits per heavy atom. The number of hydrogen-bond donors (Lipinski definition) is 4. The second-order valence-corrected chi connectivity index (χ2v) is 9.06. The lowest BCUT2D eigenvalue weighted by Crippen LogP contribution is -2.53. The van der Waals surface area contributed by atoms with Crippen LogP contribution in [0, 0.1) is 5.41 Å². The van der Waals surface area contributed by atoms with E-state index in [1.165, 1.54) is 0 Å². The number of halogens is 1. The predicted octanol–water partition coefficient (Wildman–Crippen LogP) is 3.13. The topological polar surface area (TPSA) is 138 Å². The summed E-state index contributed by atoms with van der Waals surface area (Å²) >= 11 is 0. The van der Waals surface area contributed by atoms with Gasteiger partial charge in [0.05, 0.1) is 30.6 Å². The highest BCUT2D eigenvalue weighted by molar-refractivity contribution is 5.95. The molecule has 0 aliphatic rings. The first-order valence-electron chi connectivity index (χ1n) is 12.4. The molecule has 5 N–H and O–H groups in total. The molecule has 11 heteroatoms. The van der Waals surface area contributed by atoms with Gasteiger partial charge in [-0.2, -0.15) is 0 Å². The molecule has 0 fully saturated rings. The zero-order valence-electron chi connectivity index (χ0n) is 22.6. The van der Waals surface area contributed by atoms with Crippen LogP contribution < -0.4 is 16.4 Å². The number of nitrogens with zero attached hydrogens (tertiary/aromatic N) is 3. The Morgan fingerprint density at radius 1 is 1.18 bits per heavy atom. The number of imidazole rings is 1. The number of nitrogens with one attached hydrogen (secondary N) is 3. The van der Waals surface area contributed by atoms with Crippen molar-refractivity contribution >= 4 is 46.8 Å². The highest BCUT2D eigenvalue weighted by atomic mass is 35.5. The number of benzene rings is 2. The van der Waals surface area contributed by atoms with Gasteiger partial charge in [-0.05, 0) is 62.7 Å². The normalized spacial score (nSPS) is 12.3. The molecule has 1 atom stereocenters. The number of aromatic nitrogens is 2. The number of hydrogen-bond acceptors (Lipinski definition) is 7. The van der Waals surface area contributed by atoms with E-state index in [1.54, 1.807) is 31.0 Å². The minimum atomic E-state index is -1.04. The van der Waals surface area contributed by atoms with Crippen molar-refractivity contribution in [2.45, 2.75) is 39.3 Å². The fourth-order valence-electron chi connectivity index (χ4n) is 4.14. The third-order valence-corrected chi connectivity index (χ3v) is 6.56. The monoisotopic (exact) mass is 543 g/mol. The Morgan fingerprint density at radius 2 is 1.87 bits per heavy atom. The molecule has 0 aliphatic carbocycles. The van der Waals surface area contributed by atoms with Crippen molar-refractivity contribution in [2.75, 3.05) is 32.1 Å². The lowest BCUT2D eigenvalue weighted by atomic mass is 9.89. The van der Waals surface area contributed by atoms with Gasteiger partial charge in [0, 0.05) is 38.4 Å². The van der Waals surface area contributed by atoms with Crippen molar-refractivity contribution < 1.29 is 14.3 Å². The molecule has 0 saturated heterocycles. The molecule has 10 nitrogen and oxygen atoms in total. The van der Waals surface area contributed by atoms with Gasteiger partial charge >= 0.3 is 5.97 Å². The summed E-state index contributed by atoms with van der Waals surface area (Å²) in [5.41, 5.74) is 8.54. The Kier molecular flexibility index (Phi) is 10.7. The van der Waals surface area contributed by atoms with Crippen LogP contribution in [0.4, 0.5) is 5.69 Å². The maximum Gasteiger partial charge on any atom is 0.307 e. The number of likely N-dealkylation sites (N-methyl/N-ethyl adjacent to an activating group) is 1. The van der Waals surface area contributed by atoms with Gasteiger partial charge in [0.25, 0.3) is 0 Å². The van der Waals surface area contributed by atoms with Gasteiger partial charge in [0.2, 0.25) is 5.91 Å². The van der Waals surface area contributed by atoms with Crippen LogP contribution in [0.15, 0.2) is 42.5 Å². The Balaban J connectivity index is 0.00000507. The van der Waals surface area contributed by atoms with E-state index in [9.17, 15) is 9.59 Å². The van der Waals surface area contributed by atoms with Crippen molar-refractivity contribution in [2.24, 2.45) is 12.8 Å². The second kappa shape index (κ2) is 13.3. The van der Waals surface area contributed by atoms with Gasteiger partial charge in [-0.25, -0.2) is 4.98 Å². The molecule has 3 aromatic rings. The standard InChI is InChI=1S/C27H37N7O3.ClH/c1-6-33(4)26(36)27(3,31-15-14-24(35)37-7-2)19-10-13-22-21(16-19)32-23(34(22)5)17-30-20-11-8-18(9-12-20)25(28)29;/h8-13,16,30-31H,6-7,14-15,17H2,1-5H3,(H3,28,29);1H. The summed E-state index contributed by atoms with van der Waals surface area (Å²) < 4.78 is 7.04. The number of ether oxygens (including phenoxy) is 1. The first-order chi connectivity index (χ1) is 17.6. The van der Waals surface area contributed by atoms with Gasteiger partial charge in [-0.3, -0.25) is 20.3 Å². The minimum absolute atomic E-state index is 0. The van der Waals surface area contributed by atoms with Gasteiger partial charge in [0.15, 0.2) is 0 Å². The van der Waals surface area contributed by atoms with E-state index in [-0.39, 0.29) is 36.5 Å². The molecule has 1 heterocycles. The van der Waals surface area contributed by atoms with Crippen LogP contribution in [-0.2, 0) is 33.5 Å². The van der Waals surface area contributed by atoms with Crippen LogP contribution in [0.3, 0.4) is 0 Å². The molecule has 1 aromatic heterocycles. The van der Waals surface area contributed by atoms with E-state index < -0.39 is 5.54 Å². The number of carbonyl (C=O) groups excluding carboxylic acids is 2. The predicted molar refractivity (Wildman–Crippen MR) is 153 cm³/mol. The molecule has 206 valence electrons. The second-order valence-electron chi connectivity index (χ2n) is 9.06. The average Bonchev–Trinajstić information content (AvgIpc) is 3.21. The van der Waals surface area contributed by atoms with E-state index in [1.807, 2.05) is 55.8 Å². The lowest BCUT2D eigenvalue weighted by Gasteiger charge is -2.34. The van der Waals surface area contributed by atoms with Gasteiger partial charge in [0.1, 0.15) is 17.2 Å². The maximum atomic E-state index is 13.4. The van der Waals surface area contributed by atoms with Crippen molar-refractivity contribution in [1.82, 2.24) is 19.8 Å². The van der Waals surface area contributed by atoms with E-state index >= 15 is 0 Å². The van der Waals surface area contributed by atoms with E-state index in [0.29, 0.717) is 31.8 Å². The van der Waals surface area contributed by atoms with Crippen molar-refractivity contribution in [1.29, 1.82) is 5.41 Å². The van der Waals surface area contributed by atoms with E-state index in [2.05, 4.69) is 10.6 Å². The summed E-state index contributed by atoms with van der Waals surface area (Å²) in [5, 5.41) is 14.2. The van der Waals surface area contributed by atoms with Crippen LogP contribution in [0.5, 0.6) is 0 Å².